The van der Waals surface area contributed by atoms with Crippen LogP contribution in [0, 0.1) is 0 Å². The van der Waals surface area contributed by atoms with Gasteiger partial charge in [0.25, 0.3) is 0 Å². The van der Waals surface area contributed by atoms with Crippen LogP contribution in [0.15, 0.2) is 12.5 Å². The standard InChI is InChI=1S/C10H17N3OS/c1-8(2)15-6-10(14)12-4-3-9-5-11-7-13-9/h5,7-8H,3-4,6H2,1-2H3,(H,11,13)(H,12,14). The number of nitrogens with one attached hydrogen (secondary N) is 2. The highest BCUT2D eigenvalue weighted by atomic mass is 32.2. The summed E-state index contributed by atoms with van der Waals surface area (Å²) in [6.07, 6.45) is 4.22. The highest BCUT2D eigenvalue weighted by Gasteiger charge is 2.03. The number of hydrogen-bond donors (Lipinski definition) is 2. The van der Waals surface area contributed by atoms with E-state index in [1.165, 1.54) is 0 Å². The number of thioether (sulfide) groups is 1. The summed E-state index contributed by atoms with van der Waals surface area (Å²) in [5, 5.41) is 3.37. The summed E-state index contributed by atoms with van der Waals surface area (Å²) in [7, 11) is 0. The van der Waals surface area contributed by atoms with Crippen molar-refractivity contribution in [2.45, 2.75) is 25.5 Å². The van der Waals surface area contributed by atoms with Crippen molar-refractivity contribution < 1.29 is 4.79 Å². The van der Waals surface area contributed by atoms with Gasteiger partial charge in [0.1, 0.15) is 0 Å². The molecular weight excluding hydrogens is 210 g/mol. The molecule has 0 spiro atoms. The number of hydrogen-bond acceptors (Lipinski definition) is 3. The van der Waals surface area contributed by atoms with Gasteiger partial charge in [0.15, 0.2) is 0 Å². The van der Waals surface area contributed by atoms with Crippen LogP contribution in [-0.4, -0.2) is 33.4 Å². The molecule has 0 bridgehead atoms. The Labute approximate surface area is 94.2 Å². The van der Waals surface area contributed by atoms with Crippen molar-refractivity contribution in [2.24, 2.45) is 0 Å². The van der Waals surface area contributed by atoms with Crippen LogP contribution in [-0.2, 0) is 11.2 Å². The Kier molecular flexibility index (Phi) is 5.25. The van der Waals surface area contributed by atoms with E-state index in [1.807, 2.05) is 0 Å². The third-order valence-corrected chi connectivity index (χ3v) is 2.91. The zero-order valence-electron chi connectivity index (χ0n) is 9.12. The minimum atomic E-state index is 0.105. The van der Waals surface area contributed by atoms with Gasteiger partial charge in [0, 0.05) is 24.9 Å². The smallest absolute Gasteiger partial charge is 0.230 e. The van der Waals surface area contributed by atoms with Gasteiger partial charge in [-0.3, -0.25) is 4.79 Å². The number of nitrogens with zero attached hydrogens (tertiary/aromatic N) is 1. The quantitative estimate of drug-likeness (QED) is 0.768. The molecule has 0 radical (unpaired) electrons. The second kappa shape index (κ2) is 6.50. The molecule has 0 aromatic carbocycles. The van der Waals surface area contributed by atoms with Gasteiger partial charge < -0.3 is 10.3 Å². The number of rotatable bonds is 6. The molecule has 0 aliphatic carbocycles. The molecule has 1 heterocycles. The molecule has 0 fully saturated rings. The summed E-state index contributed by atoms with van der Waals surface area (Å²) in [4.78, 5) is 18.2. The maximum Gasteiger partial charge on any atom is 0.230 e. The van der Waals surface area contributed by atoms with Crippen molar-refractivity contribution in [3.63, 3.8) is 0 Å². The summed E-state index contributed by atoms with van der Waals surface area (Å²) in [5.74, 6) is 0.647. The molecule has 0 saturated heterocycles. The zero-order chi connectivity index (χ0) is 11.1. The first-order valence-electron chi connectivity index (χ1n) is 5.04. The largest absolute Gasteiger partial charge is 0.355 e. The van der Waals surface area contributed by atoms with Crippen molar-refractivity contribution in [2.75, 3.05) is 12.3 Å². The van der Waals surface area contributed by atoms with Gasteiger partial charge in [-0.05, 0) is 5.25 Å². The fourth-order valence-electron chi connectivity index (χ4n) is 1.05. The number of amides is 1. The summed E-state index contributed by atoms with van der Waals surface area (Å²) in [6.45, 7) is 4.84. The Balaban J connectivity index is 2.07. The van der Waals surface area contributed by atoms with Crippen LogP contribution in [0.25, 0.3) is 0 Å². The average molecular weight is 227 g/mol. The van der Waals surface area contributed by atoms with Crippen LogP contribution in [0.2, 0.25) is 0 Å². The van der Waals surface area contributed by atoms with Crippen LogP contribution in [0.4, 0.5) is 0 Å². The summed E-state index contributed by atoms with van der Waals surface area (Å²) >= 11 is 1.66. The average Bonchev–Trinajstić information content (AvgIpc) is 2.67. The van der Waals surface area contributed by atoms with Gasteiger partial charge in [0.2, 0.25) is 5.91 Å². The van der Waals surface area contributed by atoms with Gasteiger partial charge >= 0.3 is 0 Å². The van der Waals surface area contributed by atoms with E-state index in [0.29, 0.717) is 17.5 Å². The van der Waals surface area contributed by atoms with Crippen molar-refractivity contribution in [1.82, 2.24) is 15.3 Å². The lowest BCUT2D eigenvalue weighted by Gasteiger charge is -2.05. The highest BCUT2D eigenvalue weighted by molar-refractivity contribution is 8.00. The van der Waals surface area contributed by atoms with Crippen LogP contribution in [0.1, 0.15) is 19.5 Å². The molecule has 0 unspecified atom stereocenters. The van der Waals surface area contributed by atoms with E-state index in [0.717, 1.165) is 12.1 Å². The van der Waals surface area contributed by atoms with Crippen LogP contribution < -0.4 is 5.32 Å². The Bertz CT molecular complexity index is 285. The molecule has 4 nitrogen and oxygen atoms in total. The first kappa shape index (κ1) is 12.1. The summed E-state index contributed by atoms with van der Waals surface area (Å²) in [6, 6.07) is 0. The molecule has 1 aromatic heterocycles. The monoisotopic (exact) mass is 227 g/mol. The minimum absolute atomic E-state index is 0.105. The Hall–Kier alpha value is -0.970. The van der Waals surface area contributed by atoms with Gasteiger partial charge in [0.05, 0.1) is 12.1 Å². The van der Waals surface area contributed by atoms with Gasteiger partial charge in [-0.1, -0.05) is 13.8 Å². The zero-order valence-corrected chi connectivity index (χ0v) is 9.93. The predicted molar refractivity (Wildman–Crippen MR) is 62.9 cm³/mol. The van der Waals surface area contributed by atoms with Crippen molar-refractivity contribution >= 4 is 17.7 Å². The predicted octanol–water partition coefficient (Wildman–Crippen LogP) is 1.21. The second-order valence-corrected chi connectivity index (χ2v) is 5.10. The van der Waals surface area contributed by atoms with E-state index in [2.05, 4.69) is 29.1 Å². The molecule has 0 atom stereocenters. The first-order valence-corrected chi connectivity index (χ1v) is 6.09. The number of carbonyl (C=O) groups excluding carboxylic acids is 1. The van der Waals surface area contributed by atoms with Crippen LogP contribution >= 0.6 is 11.8 Å². The van der Waals surface area contributed by atoms with Gasteiger partial charge in [-0.15, -0.1) is 11.8 Å². The molecule has 1 rings (SSSR count). The third-order valence-electron chi connectivity index (χ3n) is 1.82. The Morgan fingerprint density at radius 3 is 3.07 bits per heavy atom. The lowest BCUT2D eigenvalue weighted by atomic mass is 10.3. The Morgan fingerprint density at radius 2 is 2.47 bits per heavy atom. The molecule has 0 aliphatic rings. The first-order chi connectivity index (χ1) is 7.18. The summed E-state index contributed by atoms with van der Waals surface area (Å²) in [5.41, 5.74) is 1.05. The lowest BCUT2D eigenvalue weighted by molar-refractivity contribution is -0.118. The highest BCUT2D eigenvalue weighted by Crippen LogP contribution is 2.07. The fourth-order valence-corrected chi connectivity index (χ4v) is 1.64. The van der Waals surface area contributed by atoms with E-state index in [9.17, 15) is 4.79 Å². The van der Waals surface area contributed by atoms with Gasteiger partial charge in [-0.2, -0.15) is 0 Å². The maximum absolute atomic E-state index is 11.3. The number of H-pyrrole nitrogens is 1. The topological polar surface area (TPSA) is 57.8 Å². The van der Waals surface area contributed by atoms with Crippen molar-refractivity contribution in [3.8, 4) is 0 Å². The normalized spacial score (nSPS) is 10.6. The van der Waals surface area contributed by atoms with Crippen LogP contribution in [0.3, 0.4) is 0 Å². The van der Waals surface area contributed by atoms with Crippen molar-refractivity contribution in [1.29, 1.82) is 0 Å². The molecule has 0 aliphatic heterocycles. The second-order valence-electron chi connectivity index (χ2n) is 3.54. The third kappa shape index (κ3) is 5.47. The maximum atomic E-state index is 11.3. The van der Waals surface area contributed by atoms with Crippen LogP contribution in [0.5, 0.6) is 0 Å². The lowest BCUT2D eigenvalue weighted by Crippen LogP contribution is -2.27. The number of imidazole rings is 1. The number of aromatic nitrogens is 2. The van der Waals surface area contributed by atoms with E-state index < -0.39 is 0 Å². The van der Waals surface area contributed by atoms with E-state index in [4.69, 9.17) is 0 Å². The molecule has 1 amide bonds. The fraction of sp³-hybridized carbons (Fsp3) is 0.600. The van der Waals surface area contributed by atoms with Gasteiger partial charge in [-0.25, -0.2) is 4.98 Å². The summed E-state index contributed by atoms with van der Waals surface area (Å²) < 4.78 is 0. The SMILES string of the molecule is CC(C)SCC(=O)NCCc1cnc[nH]1. The van der Waals surface area contributed by atoms with E-state index >= 15 is 0 Å². The molecule has 1 aromatic rings. The molecule has 5 heteroatoms. The van der Waals surface area contributed by atoms with E-state index in [1.54, 1.807) is 24.3 Å². The molecule has 84 valence electrons. The Morgan fingerprint density at radius 1 is 1.67 bits per heavy atom. The molecule has 0 saturated carbocycles. The number of aromatic amines is 1. The molecule has 2 N–H and O–H groups in total. The molecular formula is C10H17N3OS. The molecule has 15 heavy (non-hydrogen) atoms. The number of carbonyl (C=O) groups is 1. The van der Waals surface area contributed by atoms with Crippen molar-refractivity contribution in [3.05, 3.63) is 18.2 Å². The minimum Gasteiger partial charge on any atom is -0.355 e. The van der Waals surface area contributed by atoms with E-state index in [-0.39, 0.29) is 5.91 Å².